The molecule has 3 saturated heterocycles. The van der Waals surface area contributed by atoms with Crippen molar-refractivity contribution in [1.29, 1.82) is 0 Å². The summed E-state index contributed by atoms with van der Waals surface area (Å²) < 4.78 is 6.71. The number of fused-ring (bicyclic) bond motifs is 1. The maximum absolute atomic E-state index is 14.2. The number of ether oxygens (including phenoxy) is 1. The molecular weight excluding hydrogens is 798 g/mol. The molecule has 1 atom stereocenters. The summed E-state index contributed by atoms with van der Waals surface area (Å²) in [5, 5.41) is 27.3. The van der Waals surface area contributed by atoms with E-state index in [1.165, 1.54) is 32.9 Å². The molecule has 6 amide bonds. The van der Waals surface area contributed by atoms with Crippen LogP contribution in [0.25, 0.3) is 16.6 Å². The Morgan fingerprint density at radius 1 is 0.833 bits per heavy atom. The van der Waals surface area contributed by atoms with E-state index in [4.69, 9.17) is 16.3 Å². The molecular formula is C40H40ClN11O8. The average Bonchev–Trinajstić information content (AvgIpc) is 3.96. The number of amides is 6. The number of aromatic carboxylic acids is 1. The molecule has 310 valence electrons. The number of morpholine rings is 1. The van der Waals surface area contributed by atoms with Gasteiger partial charge in [0.1, 0.15) is 18.1 Å². The molecule has 0 aliphatic carbocycles. The zero-order valence-corrected chi connectivity index (χ0v) is 32.9. The van der Waals surface area contributed by atoms with Gasteiger partial charge in [0.15, 0.2) is 0 Å². The third-order valence-corrected chi connectivity index (χ3v) is 11.2. The second kappa shape index (κ2) is 17.2. The second-order valence-corrected chi connectivity index (χ2v) is 15.1. The molecule has 0 unspecified atom stereocenters. The summed E-state index contributed by atoms with van der Waals surface area (Å²) in [6.07, 6.45) is 2.50. The fourth-order valence-corrected chi connectivity index (χ4v) is 7.94. The van der Waals surface area contributed by atoms with Gasteiger partial charge in [-0.3, -0.25) is 19.2 Å². The predicted molar refractivity (Wildman–Crippen MR) is 217 cm³/mol. The number of benzene rings is 3. The first-order valence-corrected chi connectivity index (χ1v) is 19.7. The molecule has 0 spiro atoms. The molecule has 2 aromatic heterocycles. The molecule has 3 fully saturated rings. The number of hydrogen-bond donors (Lipinski definition) is 4. The maximum Gasteiger partial charge on any atom is 0.352 e. The van der Waals surface area contributed by atoms with Crippen molar-refractivity contribution in [3.05, 3.63) is 89.3 Å². The first-order chi connectivity index (χ1) is 29.0. The van der Waals surface area contributed by atoms with Gasteiger partial charge in [-0.2, -0.15) is 4.68 Å². The zero-order chi connectivity index (χ0) is 41.9. The minimum absolute atomic E-state index is 0.00632. The minimum Gasteiger partial charge on any atom is -0.477 e. The van der Waals surface area contributed by atoms with Crippen molar-refractivity contribution < 1.29 is 38.6 Å². The monoisotopic (exact) mass is 837 g/mol. The van der Waals surface area contributed by atoms with E-state index in [1.54, 1.807) is 59.5 Å². The number of carboxylic acid groups (broad SMARTS) is 1. The molecule has 5 heterocycles. The summed E-state index contributed by atoms with van der Waals surface area (Å²) in [5.41, 5.74) is 2.75. The summed E-state index contributed by atoms with van der Waals surface area (Å²) >= 11 is 6.32. The third-order valence-electron chi connectivity index (χ3n) is 11.0. The second-order valence-electron chi connectivity index (χ2n) is 14.7. The van der Waals surface area contributed by atoms with Crippen LogP contribution in [0.3, 0.4) is 0 Å². The molecule has 0 bridgehead atoms. The van der Waals surface area contributed by atoms with Crippen LogP contribution in [0.5, 0.6) is 0 Å². The molecule has 5 aromatic rings. The Hall–Kier alpha value is -6.86. The number of piperidine rings is 1. The molecule has 4 N–H and O–H groups in total. The number of carbonyl (C=O) groups is 6. The number of H-pyrrole nitrogens is 1. The Morgan fingerprint density at radius 3 is 2.30 bits per heavy atom. The normalized spacial score (nSPS) is 16.9. The number of nitrogens with one attached hydrogen (secondary N) is 3. The Balaban J connectivity index is 0.977. The van der Waals surface area contributed by atoms with Gasteiger partial charge < -0.3 is 45.1 Å². The van der Waals surface area contributed by atoms with E-state index in [9.17, 15) is 33.9 Å². The van der Waals surface area contributed by atoms with Crippen LogP contribution in [0.1, 0.15) is 28.9 Å². The smallest absolute Gasteiger partial charge is 0.352 e. The van der Waals surface area contributed by atoms with E-state index in [0.29, 0.717) is 96.5 Å². The van der Waals surface area contributed by atoms with E-state index >= 15 is 0 Å². The summed E-state index contributed by atoms with van der Waals surface area (Å²) in [6.45, 7) is 3.11. The van der Waals surface area contributed by atoms with Crippen LogP contribution in [0.2, 0.25) is 5.02 Å². The van der Waals surface area contributed by atoms with Gasteiger partial charge in [0, 0.05) is 78.9 Å². The standard InChI is InChI=1S/C40H40ClN11O8/c41-27-3-8-32(52-23-42-46-47-52)33(22-27)50-13-14-51(38(56)37(50)55)34(35(53)43-29-6-7-30-26(20-29)21-31(45-30)39(57)58)19-24-1-4-28(5-2-24)44-40(59)49-11-9-25(10-12-49)36(54)48-15-17-60-18-16-48/h1-8,20-23,25,34,45H,9-19H2,(H,43,53)(H,44,59)(H,57,58)/t34-/m0/s1. The summed E-state index contributed by atoms with van der Waals surface area (Å²) in [6, 6.07) is 16.5. The summed E-state index contributed by atoms with van der Waals surface area (Å²) in [5.74, 6) is -3.54. The first-order valence-electron chi connectivity index (χ1n) is 19.4. The third kappa shape index (κ3) is 8.48. The van der Waals surface area contributed by atoms with Crippen LogP contribution in [0.15, 0.2) is 73.1 Å². The fourth-order valence-electron chi connectivity index (χ4n) is 7.77. The van der Waals surface area contributed by atoms with E-state index in [1.807, 2.05) is 4.90 Å². The average molecular weight is 838 g/mol. The lowest BCUT2D eigenvalue weighted by Crippen LogP contribution is -2.60. The molecule has 3 aliphatic heterocycles. The van der Waals surface area contributed by atoms with E-state index in [2.05, 4.69) is 31.1 Å². The Bertz CT molecular complexity index is 2440. The predicted octanol–water partition coefficient (Wildman–Crippen LogP) is 3.02. The molecule has 60 heavy (non-hydrogen) atoms. The number of urea groups is 1. The van der Waals surface area contributed by atoms with Crippen LogP contribution < -0.4 is 15.5 Å². The first kappa shape index (κ1) is 39.9. The quantitative estimate of drug-likeness (QED) is 0.150. The summed E-state index contributed by atoms with van der Waals surface area (Å²) in [4.78, 5) is 88.7. The van der Waals surface area contributed by atoms with Gasteiger partial charge in [-0.1, -0.05) is 23.7 Å². The largest absolute Gasteiger partial charge is 0.477 e. The van der Waals surface area contributed by atoms with E-state index < -0.39 is 29.7 Å². The lowest BCUT2D eigenvalue weighted by atomic mass is 9.95. The number of aromatic amines is 1. The lowest BCUT2D eigenvalue weighted by molar-refractivity contribution is -0.149. The van der Waals surface area contributed by atoms with Crippen molar-refractivity contribution in [3.8, 4) is 5.69 Å². The van der Waals surface area contributed by atoms with Gasteiger partial charge in [0.25, 0.3) is 0 Å². The van der Waals surface area contributed by atoms with E-state index in [0.717, 1.165) is 0 Å². The van der Waals surface area contributed by atoms with Gasteiger partial charge >= 0.3 is 23.8 Å². The minimum atomic E-state index is -1.17. The zero-order valence-electron chi connectivity index (χ0n) is 32.1. The number of hydrogen-bond acceptors (Lipinski definition) is 10. The number of nitrogens with zero attached hydrogens (tertiary/aromatic N) is 8. The number of likely N-dealkylation sites (tertiary alicyclic amines) is 1. The maximum atomic E-state index is 14.2. The Kier molecular flexibility index (Phi) is 11.4. The van der Waals surface area contributed by atoms with E-state index in [-0.39, 0.29) is 43.1 Å². The molecule has 8 rings (SSSR count). The van der Waals surface area contributed by atoms with Crippen LogP contribution in [-0.2, 0) is 30.3 Å². The van der Waals surface area contributed by atoms with Crippen molar-refractivity contribution in [3.63, 3.8) is 0 Å². The number of carboxylic acids is 1. The molecule has 19 nitrogen and oxygen atoms in total. The van der Waals surface area contributed by atoms with Gasteiger partial charge in [-0.15, -0.1) is 5.10 Å². The molecule has 3 aromatic carbocycles. The van der Waals surface area contributed by atoms with Crippen molar-refractivity contribution in [1.82, 2.24) is 39.9 Å². The van der Waals surface area contributed by atoms with Crippen LogP contribution in [-0.4, -0.2) is 139 Å². The van der Waals surface area contributed by atoms with Crippen LogP contribution in [0.4, 0.5) is 21.9 Å². The van der Waals surface area contributed by atoms with Gasteiger partial charge in [-0.25, -0.2) is 9.59 Å². The highest BCUT2D eigenvalue weighted by Gasteiger charge is 2.41. The highest BCUT2D eigenvalue weighted by molar-refractivity contribution is 6.41. The fraction of sp³-hybridized carbons (Fsp3) is 0.325. The number of rotatable bonds is 10. The molecule has 0 saturated carbocycles. The number of anilines is 3. The van der Waals surface area contributed by atoms with Crippen LogP contribution >= 0.6 is 11.6 Å². The number of piperazine rings is 1. The van der Waals surface area contributed by atoms with Crippen molar-refractivity contribution in [2.75, 3.05) is 68.0 Å². The van der Waals surface area contributed by atoms with Crippen molar-refractivity contribution in [2.45, 2.75) is 25.3 Å². The molecule has 0 radical (unpaired) electrons. The summed E-state index contributed by atoms with van der Waals surface area (Å²) in [7, 11) is 0. The van der Waals surface area contributed by atoms with Gasteiger partial charge in [0.2, 0.25) is 11.8 Å². The SMILES string of the molecule is O=C(O)c1cc2cc(NC(=O)[C@H](Cc3ccc(NC(=O)N4CCC(C(=O)N5CCOCC5)CC4)cc3)N3CCN(c4cc(Cl)ccc4-n4cnnn4)C(=O)C3=O)ccc2[nH]1. The highest BCUT2D eigenvalue weighted by atomic mass is 35.5. The Morgan fingerprint density at radius 2 is 1.58 bits per heavy atom. The topological polar surface area (TPSA) is 228 Å². The molecule has 20 heteroatoms. The molecule has 3 aliphatic rings. The number of aromatic nitrogens is 5. The Labute approximate surface area is 347 Å². The lowest BCUT2D eigenvalue weighted by Gasteiger charge is -2.38. The van der Waals surface area contributed by atoms with Crippen molar-refractivity contribution in [2.24, 2.45) is 5.92 Å². The number of tetrazole rings is 1. The van der Waals surface area contributed by atoms with Crippen LogP contribution in [0, 0.1) is 5.92 Å². The van der Waals surface area contributed by atoms with Gasteiger partial charge in [-0.05, 0) is 83.4 Å². The number of halogens is 1. The number of carbonyl (C=O) groups excluding carboxylic acids is 5. The highest BCUT2D eigenvalue weighted by Crippen LogP contribution is 2.30. The van der Waals surface area contributed by atoms with Gasteiger partial charge in [0.05, 0.1) is 24.6 Å². The van der Waals surface area contributed by atoms with Crippen molar-refractivity contribution >= 4 is 75.2 Å².